The first-order valence-electron chi connectivity index (χ1n) is 6.89. The van der Waals surface area contributed by atoms with Gasteiger partial charge in [-0.2, -0.15) is 0 Å². The second kappa shape index (κ2) is 7.37. The fourth-order valence-corrected chi connectivity index (χ4v) is 1.80. The van der Waals surface area contributed by atoms with Gasteiger partial charge in [-0.05, 0) is 25.8 Å². The molecule has 1 atom stereocenters. The molecule has 0 saturated heterocycles. The summed E-state index contributed by atoms with van der Waals surface area (Å²) in [7, 11) is 0. The zero-order valence-corrected chi connectivity index (χ0v) is 12.3. The Hall–Kier alpha value is -1.09. The SMILES string of the molecule is CCCC(C)Oc1ccc(CNC(C)C)c(C)n1. The summed E-state index contributed by atoms with van der Waals surface area (Å²) in [6.45, 7) is 11.4. The molecule has 0 spiro atoms. The van der Waals surface area contributed by atoms with Crippen LogP contribution in [0.4, 0.5) is 0 Å². The van der Waals surface area contributed by atoms with Crippen LogP contribution in [0.3, 0.4) is 0 Å². The number of aryl methyl sites for hydroxylation is 1. The van der Waals surface area contributed by atoms with Gasteiger partial charge in [0.2, 0.25) is 5.88 Å². The molecule has 102 valence electrons. The maximum atomic E-state index is 5.78. The van der Waals surface area contributed by atoms with Crippen LogP contribution in [0.2, 0.25) is 0 Å². The Kier molecular flexibility index (Phi) is 6.13. The van der Waals surface area contributed by atoms with Crippen LogP contribution in [0, 0.1) is 6.92 Å². The first kappa shape index (κ1) is 15.0. The molecule has 3 nitrogen and oxygen atoms in total. The van der Waals surface area contributed by atoms with Crippen LogP contribution in [0.1, 0.15) is 51.8 Å². The molecule has 0 amide bonds. The van der Waals surface area contributed by atoms with Crippen molar-refractivity contribution in [3.8, 4) is 5.88 Å². The summed E-state index contributed by atoms with van der Waals surface area (Å²) in [4.78, 5) is 4.51. The van der Waals surface area contributed by atoms with Crippen molar-refractivity contribution in [3.63, 3.8) is 0 Å². The number of hydrogen-bond acceptors (Lipinski definition) is 3. The summed E-state index contributed by atoms with van der Waals surface area (Å²) in [5, 5.41) is 3.40. The zero-order chi connectivity index (χ0) is 13.5. The number of aromatic nitrogens is 1. The minimum absolute atomic E-state index is 0.238. The van der Waals surface area contributed by atoms with Crippen molar-refractivity contribution in [3.05, 3.63) is 23.4 Å². The van der Waals surface area contributed by atoms with Gasteiger partial charge in [-0.3, -0.25) is 0 Å². The van der Waals surface area contributed by atoms with Gasteiger partial charge in [0.25, 0.3) is 0 Å². The van der Waals surface area contributed by atoms with E-state index in [9.17, 15) is 0 Å². The van der Waals surface area contributed by atoms with E-state index in [1.54, 1.807) is 0 Å². The number of nitrogens with one attached hydrogen (secondary N) is 1. The topological polar surface area (TPSA) is 34.1 Å². The highest BCUT2D eigenvalue weighted by molar-refractivity contribution is 5.25. The van der Waals surface area contributed by atoms with Crippen molar-refractivity contribution in [2.24, 2.45) is 0 Å². The average molecular weight is 250 g/mol. The van der Waals surface area contributed by atoms with Crippen LogP contribution in [0.5, 0.6) is 5.88 Å². The highest BCUT2D eigenvalue weighted by Crippen LogP contribution is 2.15. The van der Waals surface area contributed by atoms with Crippen molar-refractivity contribution in [2.45, 2.75) is 66.2 Å². The molecule has 0 aliphatic heterocycles. The summed E-state index contributed by atoms with van der Waals surface area (Å²) in [5.74, 6) is 0.738. The Labute approximate surface area is 111 Å². The Bertz CT molecular complexity index is 364. The lowest BCUT2D eigenvalue weighted by molar-refractivity contribution is 0.201. The summed E-state index contributed by atoms with van der Waals surface area (Å²) in [5.41, 5.74) is 2.28. The van der Waals surface area contributed by atoms with E-state index in [1.165, 1.54) is 5.56 Å². The van der Waals surface area contributed by atoms with E-state index < -0.39 is 0 Å². The molecule has 0 saturated carbocycles. The third-order valence-electron chi connectivity index (χ3n) is 2.89. The van der Waals surface area contributed by atoms with Gasteiger partial charge in [0.1, 0.15) is 0 Å². The molecule has 1 unspecified atom stereocenters. The Balaban J connectivity index is 2.61. The predicted octanol–water partition coefficient (Wildman–Crippen LogP) is 3.46. The van der Waals surface area contributed by atoms with Crippen molar-refractivity contribution >= 4 is 0 Å². The fourth-order valence-electron chi connectivity index (χ4n) is 1.80. The Morgan fingerprint density at radius 3 is 2.56 bits per heavy atom. The second-order valence-corrected chi connectivity index (χ2v) is 5.15. The number of ether oxygens (including phenoxy) is 1. The molecule has 3 heteroatoms. The standard InChI is InChI=1S/C15H26N2O/c1-6-7-12(4)18-15-9-8-14(13(5)17-15)10-16-11(2)3/h8-9,11-12,16H,6-7,10H2,1-5H3. The third kappa shape index (κ3) is 5.05. The summed E-state index contributed by atoms with van der Waals surface area (Å²) in [6, 6.07) is 4.56. The van der Waals surface area contributed by atoms with Crippen LogP contribution in [0.25, 0.3) is 0 Å². The van der Waals surface area contributed by atoms with Gasteiger partial charge in [-0.1, -0.05) is 33.3 Å². The lowest BCUT2D eigenvalue weighted by Crippen LogP contribution is -2.22. The highest BCUT2D eigenvalue weighted by Gasteiger charge is 2.06. The highest BCUT2D eigenvalue weighted by atomic mass is 16.5. The van der Waals surface area contributed by atoms with Crippen LogP contribution >= 0.6 is 0 Å². The van der Waals surface area contributed by atoms with Gasteiger partial charge in [-0.25, -0.2) is 4.98 Å². The second-order valence-electron chi connectivity index (χ2n) is 5.15. The summed E-state index contributed by atoms with van der Waals surface area (Å²) >= 11 is 0. The van der Waals surface area contributed by atoms with E-state index in [-0.39, 0.29) is 6.10 Å². The van der Waals surface area contributed by atoms with Crippen LogP contribution < -0.4 is 10.1 Å². The number of hydrogen-bond donors (Lipinski definition) is 1. The van der Waals surface area contributed by atoms with E-state index in [2.05, 4.69) is 44.1 Å². The zero-order valence-electron chi connectivity index (χ0n) is 12.3. The van der Waals surface area contributed by atoms with Crippen molar-refractivity contribution < 1.29 is 4.74 Å². The fraction of sp³-hybridized carbons (Fsp3) is 0.667. The normalized spacial score (nSPS) is 12.8. The molecule has 1 aromatic rings. The van der Waals surface area contributed by atoms with Crippen LogP contribution in [-0.2, 0) is 6.54 Å². The van der Waals surface area contributed by atoms with Crippen molar-refractivity contribution in [1.82, 2.24) is 10.3 Å². The lowest BCUT2D eigenvalue weighted by Gasteiger charge is -2.15. The predicted molar refractivity (Wildman–Crippen MR) is 75.9 cm³/mol. The monoisotopic (exact) mass is 250 g/mol. The number of nitrogens with zero attached hydrogens (tertiary/aromatic N) is 1. The van der Waals surface area contributed by atoms with Crippen molar-refractivity contribution in [2.75, 3.05) is 0 Å². The molecule has 1 heterocycles. The van der Waals surface area contributed by atoms with E-state index in [4.69, 9.17) is 4.74 Å². The van der Waals surface area contributed by atoms with E-state index in [0.29, 0.717) is 6.04 Å². The molecular formula is C15H26N2O. The molecule has 1 N–H and O–H groups in total. The van der Waals surface area contributed by atoms with Gasteiger partial charge in [0.05, 0.1) is 6.10 Å². The van der Waals surface area contributed by atoms with Crippen LogP contribution in [0.15, 0.2) is 12.1 Å². The molecule has 0 aliphatic rings. The molecule has 0 bridgehead atoms. The quantitative estimate of drug-likeness (QED) is 0.804. The van der Waals surface area contributed by atoms with E-state index >= 15 is 0 Å². The largest absolute Gasteiger partial charge is 0.475 e. The van der Waals surface area contributed by atoms with Gasteiger partial charge in [-0.15, -0.1) is 0 Å². The van der Waals surface area contributed by atoms with Gasteiger partial charge in [0.15, 0.2) is 0 Å². The average Bonchev–Trinajstić information content (AvgIpc) is 2.28. The third-order valence-corrected chi connectivity index (χ3v) is 2.89. The number of pyridine rings is 1. The van der Waals surface area contributed by atoms with Gasteiger partial charge in [0, 0.05) is 24.3 Å². The van der Waals surface area contributed by atoms with E-state index in [1.807, 2.05) is 13.0 Å². The maximum Gasteiger partial charge on any atom is 0.213 e. The maximum absolute atomic E-state index is 5.78. The molecule has 0 fully saturated rings. The van der Waals surface area contributed by atoms with Gasteiger partial charge < -0.3 is 10.1 Å². The minimum atomic E-state index is 0.238. The van der Waals surface area contributed by atoms with E-state index in [0.717, 1.165) is 31.0 Å². The smallest absolute Gasteiger partial charge is 0.213 e. The molecular weight excluding hydrogens is 224 g/mol. The molecule has 0 radical (unpaired) electrons. The van der Waals surface area contributed by atoms with Crippen molar-refractivity contribution in [1.29, 1.82) is 0 Å². The first-order chi connectivity index (χ1) is 8.52. The molecule has 18 heavy (non-hydrogen) atoms. The molecule has 1 aromatic heterocycles. The minimum Gasteiger partial charge on any atom is -0.475 e. The first-order valence-corrected chi connectivity index (χ1v) is 6.89. The summed E-state index contributed by atoms with van der Waals surface area (Å²) in [6.07, 6.45) is 2.44. The Morgan fingerprint density at radius 2 is 2.00 bits per heavy atom. The Morgan fingerprint density at radius 1 is 1.28 bits per heavy atom. The van der Waals surface area contributed by atoms with Gasteiger partial charge >= 0.3 is 0 Å². The van der Waals surface area contributed by atoms with Crippen LogP contribution in [-0.4, -0.2) is 17.1 Å². The lowest BCUT2D eigenvalue weighted by atomic mass is 10.2. The molecule has 0 aliphatic carbocycles. The number of rotatable bonds is 7. The summed E-state index contributed by atoms with van der Waals surface area (Å²) < 4.78 is 5.78. The molecule has 0 aromatic carbocycles. The molecule has 1 rings (SSSR count).